The summed E-state index contributed by atoms with van der Waals surface area (Å²) in [5, 5.41) is 17.6. The summed E-state index contributed by atoms with van der Waals surface area (Å²) < 4.78 is 0. The predicted molar refractivity (Wildman–Crippen MR) is 100 cm³/mol. The Bertz CT molecular complexity index is 897. The second-order valence-corrected chi connectivity index (χ2v) is 6.53. The molecule has 3 heterocycles. The molecule has 26 heavy (non-hydrogen) atoms. The number of rotatable bonds is 3. The summed E-state index contributed by atoms with van der Waals surface area (Å²) >= 11 is 6.12. The van der Waals surface area contributed by atoms with E-state index in [9.17, 15) is 0 Å². The van der Waals surface area contributed by atoms with Gasteiger partial charge in [-0.2, -0.15) is 5.26 Å². The summed E-state index contributed by atoms with van der Waals surface area (Å²) in [6.45, 7) is 1.17. The van der Waals surface area contributed by atoms with Gasteiger partial charge in [0, 0.05) is 24.8 Å². The first-order valence-electron chi connectivity index (χ1n) is 7.91. The molecule has 2 aromatic heterocycles. The lowest BCUT2D eigenvalue weighted by Gasteiger charge is -2.35. The Morgan fingerprint density at radius 2 is 1.96 bits per heavy atom. The van der Waals surface area contributed by atoms with Crippen LogP contribution in [0.1, 0.15) is 24.1 Å². The third kappa shape index (κ3) is 3.24. The first-order chi connectivity index (χ1) is 12.3. The molecule has 9 nitrogen and oxygen atoms in total. The standard InChI is InChI=1S/C16H18ClN9/c17-11-9(1-4-23-14(11)20)12(19)13-15(21)25-10(7-24-13)26-5-2-16(22,8-18)3-6-26/h1,4,7,19H,2-3,5-6,22H2,(H2,20,23)(H2,21,25). The predicted octanol–water partition coefficient (Wildman–Crippen LogP) is 0.927. The molecule has 0 saturated carbocycles. The zero-order valence-corrected chi connectivity index (χ0v) is 14.7. The van der Waals surface area contributed by atoms with E-state index >= 15 is 0 Å². The topological polar surface area (TPSA) is 168 Å². The normalized spacial score (nSPS) is 16.1. The van der Waals surface area contributed by atoms with Gasteiger partial charge in [-0.3, -0.25) is 5.41 Å². The van der Waals surface area contributed by atoms with Crippen LogP contribution in [0.5, 0.6) is 0 Å². The molecule has 0 atom stereocenters. The minimum absolute atomic E-state index is 0.0183. The van der Waals surface area contributed by atoms with Gasteiger partial charge < -0.3 is 22.1 Å². The smallest absolute Gasteiger partial charge is 0.154 e. The van der Waals surface area contributed by atoms with Crippen molar-refractivity contribution in [2.45, 2.75) is 18.4 Å². The number of nitrogens with zero attached hydrogens (tertiary/aromatic N) is 5. The van der Waals surface area contributed by atoms with E-state index in [-0.39, 0.29) is 28.1 Å². The largest absolute Gasteiger partial charge is 0.382 e. The van der Waals surface area contributed by atoms with Gasteiger partial charge in [0.15, 0.2) is 5.82 Å². The zero-order valence-electron chi connectivity index (χ0n) is 13.9. The van der Waals surface area contributed by atoms with Gasteiger partial charge in [-0.25, -0.2) is 15.0 Å². The minimum atomic E-state index is -0.796. The monoisotopic (exact) mass is 371 g/mol. The van der Waals surface area contributed by atoms with E-state index in [1.54, 1.807) is 12.3 Å². The number of nitrogen functional groups attached to an aromatic ring is 2. The van der Waals surface area contributed by atoms with E-state index in [2.05, 4.69) is 21.0 Å². The van der Waals surface area contributed by atoms with Crippen molar-refractivity contribution in [1.29, 1.82) is 10.7 Å². The van der Waals surface area contributed by atoms with Crippen molar-refractivity contribution in [1.82, 2.24) is 15.0 Å². The van der Waals surface area contributed by atoms with Gasteiger partial charge in [0.05, 0.1) is 23.0 Å². The van der Waals surface area contributed by atoms with Crippen LogP contribution in [-0.2, 0) is 0 Å². The van der Waals surface area contributed by atoms with Gasteiger partial charge in [-0.15, -0.1) is 0 Å². The Morgan fingerprint density at radius 1 is 1.27 bits per heavy atom. The number of aromatic nitrogens is 3. The van der Waals surface area contributed by atoms with Crippen molar-refractivity contribution in [2.75, 3.05) is 29.5 Å². The SMILES string of the molecule is N#CC1(N)CCN(c2cnc(C(=N)c3ccnc(N)c3Cl)c(N)n2)CC1. The van der Waals surface area contributed by atoms with Crippen LogP contribution in [0.15, 0.2) is 18.5 Å². The number of nitrogens with one attached hydrogen (secondary N) is 1. The Kier molecular flexibility index (Phi) is 4.63. The van der Waals surface area contributed by atoms with Crippen LogP contribution >= 0.6 is 11.6 Å². The van der Waals surface area contributed by atoms with Gasteiger partial charge in [-0.05, 0) is 18.9 Å². The van der Waals surface area contributed by atoms with E-state index in [1.165, 1.54) is 6.20 Å². The number of hydrogen-bond acceptors (Lipinski definition) is 9. The number of nitrogens with two attached hydrogens (primary N) is 3. The fraction of sp³-hybridized carbons (Fsp3) is 0.312. The summed E-state index contributed by atoms with van der Waals surface area (Å²) in [5.74, 6) is 0.830. The maximum Gasteiger partial charge on any atom is 0.154 e. The van der Waals surface area contributed by atoms with Crippen LogP contribution < -0.4 is 22.1 Å². The highest BCUT2D eigenvalue weighted by molar-refractivity contribution is 6.37. The van der Waals surface area contributed by atoms with Crippen LogP contribution in [0.2, 0.25) is 5.02 Å². The van der Waals surface area contributed by atoms with Crippen molar-refractivity contribution in [3.63, 3.8) is 0 Å². The molecule has 0 aromatic carbocycles. The number of halogens is 1. The molecule has 2 aromatic rings. The van der Waals surface area contributed by atoms with E-state index in [0.29, 0.717) is 37.3 Å². The Labute approximate surface area is 155 Å². The Balaban J connectivity index is 1.84. The average Bonchev–Trinajstić information content (AvgIpc) is 2.64. The molecule has 0 bridgehead atoms. The fourth-order valence-electron chi connectivity index (χ4n) is 2.77. The lowest BCUT2D eigenvalue weighted by molar-refractivity contribution is 0.414. The van der Waals surface area contributed by atoms with Crippen molar-refractivity contribution in [3.05, 3.63) is 34.7 Å². The van der Waals surface area contributed by atoms with Gasteiger partial charge in [-0.1, -0.05) is 11.6 Å². The van der Waals surface area contributed by atoms with Crippen molar-refractivity contribution in [2.24, 2.45) is 5.73 Å². The summed E-state index contributed by atoms with van der Waals surface area (Å²) in [4.78, 5) is 14.5. The summed E-state index contributed by atoms with van der Waals surface area (Å²) in [6, 6.07) is 3.72. The molecule has 1 saturated heterocycles. The summed E-state index contributed by atoms with van der Waals surface area (Å²) in [6.07, 6.45) is 4.09. The first-order valence-corrected chi connectivity index (χ1v) is 8.29. The van der Waals surface area contributed by atoms with E-state index in [1.807, 2.05) is 4.90 Å². The Morgan fingerprint density at radius 3 is 2.58 bits per heavy atom. The first kappa shape index (κ1) is 17.8. The quantitative estimate of drug-likeness (QED) is 0.577. The zero-order chi connectivity index (χ0) is 18.9. The molecule has 1 fully saturated rings. The highest BCUT2D eigenvalue weighted by Gasteiger charge is 2.31. The molecule has 0 radical (unpaired) electrons. The van der Waals surface area contributed by atoms with E-state index in [4.69, 9.17) is 39.5 Å². The summed E-state index contributed by atoms with van der Waals surface area (Å²) in [7, 11) is 0. The lowest BCUT2D eigenvalue weighted by atomic mass is 9.90. The third-order valence-electron chi connectivity index (χ3n) is 4.41. The summed E-state index contributed by atoms with van der Waals surface area (Å²) in [5.41, 5.74) is 17.5. The van der Waals surface area contributed by atoms with Crippen LogP contribution in [-0.4, -0.2) is 39.3 Å². The van der Waals surface area contributed by atoms with Crippen molar-refractivity contribution in [3.8, 4) is 6.07 Å². The van der Waals surface area contributed by atoms with Gasteiger partial charge >= 0.3 is 0 Å². The number of anilines is 3. The number of nitriles is 1. The van der Waals surface area contributed by atoms with Gasteiger partial charge in [0.1, 0.15) is 22.9 Å². The average molecular weight is 372 g/mol. The lowest BCUT2D eigenvalue weighted by Crippen LogP contribution is -2.49. The minimum Gasteiger partial charge on any atom is -0.382 e. The molecule has 0 aliphatic carbocycles. The molecule has 1 aliphatic heterocycles. The number of piperidine rings is 1. The van der Waals surface area contributed by atoms with Gasteiger partial charge in [0.25, 0.3) is 0 Å². The highest BCUT2D eigenvalue weighted by atomic mass is 35.5. The molecule has 0 spiro atoms. The van der Waals surface area contributed by atoms with E-state index < -0.39 is 5.54 Å². The molecule has 134 valence electrons. The second kappa shape index (κ2) is 6.74. The van der Waals surface area contributed by atoms with Crippen LogP contribution in [0.25, 0.3) is 0 Å². The second-order valence-electron chi connectivity index (χ2n) is 6.15. The maximum atomic E-state index is 9.11. The molecule has 3 rings (SSSR count). The maximum absolute atomic E-state index is 9.11. The third-order valence-corrected chi connectivity index (χ3v) is 4.81. The molecular formula is C16H18ClN9. The molecule has 1 aliphatic rings. The highest BCUT2D eigenvalue weighted by Crippen LogP contribution is 2.26. The number of hydrogen-bond donors (Lipinski definition) is 4. The van der Waals surface area contributed by atoms with E-state index in [0.717, 1.165) is 0 Å². The number of pyridine rings is 1. The van der Waals surface area contributed by atoms with Gasteiger partial charge in [0.2, 0.25) is 0 Å². The van der Waals surface area contributed by atoms with Crippen LogP contribution in [0.3, 0.4) is 0 Å². The molecule has 0 unspecified atom stereocenters. The molecule has 10 heteroatoms. The molecule has 0 amide bonds. The fourth-order valence-corrected chi connectivity index (χ4v) is 2.97. The van der Waals surface area contributed by atoms with Crippen molar-refractivity contribution < 1.29 is 0 Å². The van der Waals surface area contributed by atoms with Crippen molar-refractivity contribution >= 4 is 34.8 Å². The van der Waals surface area contributed by atoms with Crippen LogP contribution in [0.4, 0.5) is 17.5 Å². The molecular weight excluding hydrogens is 354 g/mol. The Hall–Kier alpha value is -2.96. The van der Waals surface area contributed by atoms with Crippen LogP contribution in [0, 0.1) is 16.7 Å². The molecule has 7 N–H and O–H groups in total.